The third kappa shape index (κ3) is 3.10. The molecule has 2 aromatic rings. The van der Waals surface area contributed by atoms with Crippen LogP contribution in [0.5, 0.6) is 0 Å². The van der Waals surface area contributed by atoms with Crippen molar-refractivity contribution in [2.45, 2.75) is 14.9 Å². The number of nitrogens with zero attached hydrogens (tertiary/aromatic N) is 5. The Hall–Kier alpha value is -1.98. The Morgan fingerprint density at radius 2 is 2.05 bits per heavy atom. The Labute approximate surface area is 131 Å². The normalized spacial score (nSPS) is 11.8. The zero-order valence-corrected chi connectivity index (χ0v) is 13.6. The van der Waals surface area contributed by atoms with Crippen LogP contribution in [0.3, 0.4) is 0 Å². The van der Waals surface area contributed by atoms with Gasteiger partial charge in [-0.15, -0.1) is 5.10 Å². The molecule has 0 aliphatic carbocycles. The van der Waals surface area contributed by atoms with Crippen molar-refractivity contribution in [2.24, 2.45) is 7.05 Å². The van der Waals surface area contributed by atoms with Crippen LogP contribution in [0, 0.1) is 0 Å². The van der Waals surface area contributed by atoms with E-state index in [2.05, 4.69) is 15.5 Å². The number of sulfonamides is 1. The molecule has 0 radical (unpaired) electrons. The van der Waals surface area contributed by atoms with Crippen molar-refractivity contribution in [2.75, 3.05) is 14.1 Å². The van der Waals surface area contributed by atoms with E-state index in [1.54, 1.807) is 7.05 Å². The number of aromatic carboxylic acids is 1. The van der Waals surface area contributed by atoms with Gasteiger partial charge in [-0.05, 0) is 40.4 Å². The molecule has 1 aromatic carbocycles. The molecular weight excluding hydrogens is 330 g/mol. The van der Waals surface area contributed by atoms with E-state index in [1.807, 2.05) is 0 Å². The molecule has 0 spiro atoms. The highest BCUT2D eigenvalue weighted by molar-refractivity contribution is 7.99. The van der Waals surface area contributed by atoms with E-state index in [0.29, 0.717) is 10.1 Å². The van der Waals surface area contributed by atoms with Crippen LogP contribution in [-0.4, -0.2) is 58.1 Å². The molecule has 9 nitrogen and oxygen atoms in total. The van der Waals surface area contributed by atoms with Crippen molar-refractivity contribution < 1.29 is 18.3 Å². The number of carboxylic acid groups (broad SMARTS) is 1. The van der Waals surface area contributed by atoms with E-state index in [4.69, 9.17) is 0 Å². The highest BCUT2D eigenvalue weighted by Gasteiger charge is 2.22. The van der Waals surface area contributed by atoms with Gasteiger partial charge in [0.15, 0.2) is 0 Å². The van der Waals surface area contributed by atoms with Crippen LogP contribution in [0.25, 0.3) is 0 Å². The Balaban J connectivity index is 2.49. The second-order valence-electron chi connectivity index (χ2n) is 4.44. The Kier molecular flexibility index (Phi) is 4.49. The number of rotatable bonds is 5. The van der Waals surface area contributed by atoms with E-state index < -0.39 is 16.0 Å². The molecule has 0 bridgehead atoms. The lowest BCUT2D eigenvalue weighted by molar-refractivity contribution is 0.0693. The third-order valence-electron chi connectivity index (χ3n) is 2.74. The molecule has 1 aromatic heterocycles. The molecular formula is C11H13N5O4S2. The molecule has 0 atom stereocenters. The first-order valence-corrected chi connectivity index (χ1v) is 8.19. The van der Waals surface area contributed by atoms with Crippen molar-refractivity contribution in [3.63, 3.8) is 0 Å². The fourth-order valence-electron chi connectivity index (χ4n) is 1.54. The topological polar surface area (TPSA) is 118 Å². The third-order valence-corrected chi connectivity index (χ3v) is 5.66. The standard InChI is InChI=1S/C11H13N5O4S2/c1-15(2)22(19,20)7-4-5-9(8(6-7)10(17)18)21-11-12-13-14-16(11)3/h4-6H,1-3H3,(H,17,18). The predicted molar refractivity (Wildman–Crippen MR) is 77.2 cm³/mol. The molecule has 0 aliphatic rings. The van der Waals surface area contributed by atoms with Crippen LogP contribution >= 0.6 is 11.8 Å². The van der Waals surface area contributed by atoms with E-state index in [-0.39, 0.29) is 10.5 Å². The van der Waals surface area contributed by atoms with Gasteiger partial charge in [0, 0.05) is 26.0 Å². The average Bonchev–Trinajstić information content (AvgIpc) is 2.84. The van der Waals surface area contributed by atoms with Gasteiger partial charge in [0.05, 0.1) is 10.5 Å². The number of aromatic nitrogens is 4. The van der Waals surface area contributed by atoms with Gasteiger partial charge in [0.2, 0.25) is 15.2 Å². The van der Waals surface area contributed by atoms with Crippen LogP contribution in [-0.2, 0) is 17.1 Å². The smallest absolute Gasteiger partial charge is 0.336 e. The number of tetrazole rings is 1. The molecule has 22 heavy (non-hydrogen) atoms. The number of benzene rings is 1. The molecule has 0 fully saturated rings. The molecule has 1 heterocycles. The molecule has 0 unspecified atom stereocenters. The van der Waals surface area contributed by atoms with Crippen molar-refractivity contribution in [1.29, 1.82) is 0 Å². The summed E-state index contributed by atoms with van der Waals surface area (Å²) in [5.41, 5.74) is -0.129. The Morgan fingerprint density at radius 3 is 2.55 bits per heavy atom. The van der Waals surface area contributed by atoms with E-state index in [0.717, 1.165) is 22.1 Å². The lowest BCUT2D eigenvalue weighted by Gasteiger charge is -2.13. The van der Waals surface area contributed by atoms with Crippen molar-refractivity contribution in [3.8, 4) is 0 Å². The average molecular weight is 343 g/mol. The largest absolute Gasteiger partial charge is 0.478 e. The number of aryl methyl sites for hydroxylation is 1. The van der Waals surface area contributed by atoms with Crippen molar-refractivity contribution in [3.05, 3.63) is 23.8 Å². The molecule has 118 valence electrons. The van der Waals surface area contributed by atoms with Gasteiger partial charge < -0.3 is 5.11 Å². The van der Waals surface area contributed by atoms with Gasteiger partial charge in [-0.1, -0.05) is 0 Å². The fourth-order valence-corrected chi connectivity index (χ4v) is 3.31. The summed E-state index contributed by atoms with van der Waals surface area (Å²) in [6.07, 6.45) is 0. The quantitative estimate of drug-likeness (QED) is 0.824. The molecule has 2 rings (SSSR count). The highest BCUT2D eigenvalue weighted by atomic mass is 32.2. The summed E-state index contributed by atoms with van der Waals surface area (Å²) in [6.45, 7) is 0. The summed E-state index contributed by atoms with van der Waals surface area (Å²) in [5.74, 6) is -1.23. The van der Waals surface area contributed by atoms with Gasteiger partial charge in [-0.25, -0.2) is 22.2 Å². The molecule has 0 saturated heterocycles. The van der Waals surface area contributed by atoms with Gasteiger partial charge in [0.1, 0.15) is 0 Å². The minimum atomic E-state index is -3.70. The summed E-state index contributed by atoms with van der Waals surface area (Å²) in [4.78, 5) is 11.7. The van der Waals surface area contributed by atoms with Crippen LogP contribution in [0.4, 0.5) is 0 Å². The van der Waals surface area contributed by atoms with E-state index >= 15 is 0 Å². The second-order valence-corrected chi connectivity index (χ2v) is 7.60. The van der Waals surface area contributed by atoms with Gasteiger partial charge >= 0.3 is 5.97 Å². The SMILES string of the molecule is CN(C)S(=O)(=O)c1ccc(Sc2nnnn2C)c(C(=O)O)c1. The van der Waals surface area contributed by atoms with Crippen LogP contribution in [0.1, 0.15) is 10.4 Å². The minimum Gasteiger partial charge on any atom is -0.478 e. The lowest BCUT2D eigenvalue weighted by Crippen LogP contribution is -2.22. The predicted octanol–water partition coefficient (Wildman–Crippen LogP) is 0.310. The van der Waals surface area contributed by atoms with Crippen LogP contribution in [0.2, 0.25) is 0 Å². The van der Waals surface area contributed by atoms with Crippen LogP contribution < -0.4 is 0 Å². The van der Waals surface area contributed by atoms with Crippen molar-refractivity contribution in [1.82, 2.24) is 24.5 Å². The highest BCUT2D eigenvalue weighted by Crippen LogP contribution is 2.30. The summed E-state index contributed by atoms with van der Waals surface area (Å²) < 4.78 is 26.6. The lowest BCUT2D eigenvalue weighted by atomic mass is 10.2. The zero-order valence-electron chi connectivity index (χ0n) is 12.0. The Bertz CT molecular complexity index is 816. The molecule has 0 aliphatic heterocycles. The molecule has 0 saturated carbocycles. The first-order chi connectivity index (χ1) is 10.2. The van der Waals surface area contributed by atoms with Crippen molar-refractivity contribution >= 4 is 27.8 Å². The van der Waals surface area contributed by atoms with E-state index in [9.17, 15) is 18.3 Å². The Morgan fingerprint density at radius 1 is 1.36 bits per heavy atom. The molecule has 0 amide bonds. The van der Waals surface area contributed by atoms with E-state index in [1.165, 1.54) is 30.9 Å². The fraction of sp³-hybridized carbons (Fsp3) is 0.273. The number of carboxylic acids is 1. The summed E-state index contributed by atoms with van der Waals surface area (Å²) >= 11 is 1.04. The maximum Gasteiger partial charge on any atom is 0.336 e. The maximum atomic E-state index is 12.1. The number of carbonyl (C=O) groups is 1. The molecule has 11 heteroatoms. The summed E-state index contributed by atoms with van der Waals surface area (Å²) in [7, 11) is 0.671. The monoisotopic (exact) mass is 343 g/mol. The molecule has 1 N–H and O–H groups in total. The zero-order chi connectivity index (χ0) is 16.5. The van der Waals surface area contributed by atoms with Crippen LogP contribution in [0.15, 0.2) is 33.1 Å². The number of hydrogen-bond donors (Lipinski definition) is 1. The second kappa shape index (κ2) is 6.02. The number of hydrogen-bond acceptors (Lipinski definition) is 7. The summed E-state index contributed by atoms with van der Waals surface area (Å²) in [6, 6.07) is 3.91. The van der Waals surface area contributed by atoms with Gasteiger partial charge in [0.25, 0.3) is 0 Å². The first-order valence-electron chi connectivity index (χ1n) is 5.93. The first kappa shape index (κ1) is 16.4. The minimum absolute atomic E-state index is 0.0876. The van der Waals surface area contributed by atoms with Gasteiger partial charge in [-0.3, -0.25) is 0 Å². The van der Waals surface area contributed by atoms with Gasteiger partial charge in [-0.2, -0.15) is 0 Å². The maximum absolute atomic E-state index is 12.1. The summed E-state index contributed by atoms with van der Waals surface area (Å²) in [5, 5.41) is 20.6.